The third-order valence-electron chi connectivity index (χ3n) is 4.72. The van der Waals surface area contributed by atoms with Crippen molar-refractivity contribution in [1.82, 2.24) is 0 Å². The van der Waals surface area contributed by atoms with Crippen LogP contribution in [0.15, 0.2) is 0 Å². The second kappa shape index (κ2) is 6.64. The first-order valence-corrected chi connectivity index (χ1v) is 7.50. The molecule has 1 heteroatoms. The van der Waals surface area contributed by atoms with Crippen LogP contribution in [0.3, 0.4) is 0 Å². The summed E-state index contributed by atoms with van der Waals surface area (Å²) in [5.41, 5.74) is 6.79. The van der Waals surface area contributed by atoms with Crippen LogP contribution < -0.4 is 5.73 Å². The molecule has 0 aromatic carbocycles. The molecule has 2 aliphatic rings. The van der Waals surface area contributed by atoms with Gasteiger partial charge in [0.15, 0.2) is 0 Å². The molecular formula is C15H31N. The summed E-state index contributed by atoms with van der Waals surface area (Å²) in [7, 11) is 0. The number of nitrogens with two attached hydrogens (primary N) is 1. The highest BCUT2D eigenvalue weighted by molar-refractivity contribution is 4.91. The Bertz CT molecular complexity index is 180. The molecule has 0 saturated heterocycles. The van der Waals surface area contributed by atoms with Crippen molar-refractivity contribution in [2.24, 2.45) is 17.1 Å². The van der Waals surface area contributed by atoms with Gasteiger partial charge in [-0.05, 0) is 56.3 Å². The molecule has 1 atom stereocenters. The molecule has 1 nitrogen and oxygen atoms in total. The van der Waals surface area contributed by atoms with E-state index in [1.807, 2.05) is 13.8 Å². The number of hydrogen-bond donors (Lipinski definition) is 1. The van der Waals surface area contributed by atoms with Gasteiger partial charge in [0.05, 0.1) is 0 Å². The highest BCUT2D eigenvalue weighted by Gasteiger charge is 2.37. The Kier molecular flexibility index (Phi) is 5.82. The molecule has 1 unspecified atom stereocenters. The minimum atomic E-state index is 0.516. The molecule has 96 valence electrons. The van der Waals surface area contributed by atoms with E-state index in [-0.39, 0.29) is 0 Å². The SMILES string of the molecule is CC.CCC1CCC2(CCCC(N)C2)CC1. The van der Waals surface area contributed by atoms with Crippen molar-refractivity contribution >= 4 is 0 Å². The van der Waals surface area contributed by atoms with Crippen molar-refractivity contribution in [3.8, 4) is 0 Å². The third-order valence-corrected chi connectivity index (χ3v) is 4.72. The maximum absolute atomic E-state index is 6.11. The van der Waals surface area contributed by atoms with Crippen LogP contribution in [-0.2, 0) is 0 Å². The van der Waals surface area contributed by atoms with E-state index >= 15 is 0 Å². The second-order valence-electron chi connectivity index (χ2n) is 5.71. The first-order valence-electron chi connectivity index (χ1n) is 7.50. The normalized spacial score (nSPS) is 39.0. The van der Waals surface area contributed by atoms with Crippen LogP contribution in [0.5, 0.6) is 0 Å². The van der Waals surface area contributed by atoms with Crippen molar-refractivity contribution in [3.05, 3.63) is 0 Å². The van der Waals surface area contributed by atoms with Gasteiger partial charge in [0, 0.05) is 6.04 Å². The predicted molar refractivity (Wildman–Crippen MR) is 72.5 cm³/mol. The van der Waals surface area contributed by atoms with Gasteiger partial charge in [0.1, 0.15) is 0 Å². The Morgan fingerprint density at radius 1 is 1.06 bits per heavy atom. The Morgan fingerprint density at radius 3 is 2.19 bits per heavy atom. The lowest BCUT2D eigenvalue weighted by molar-refractivity contribution is 0.0861. The molecule has 0 heterocycles. The van der Waals surface area contributed by atoms with E-state index in [0.717, 1.165) is 5.92 Å². The Hall–Kier alpha value is -0.0400. The second-order valence-corrected chi connectivity index (χ2v) is 5.71. The standard InChI is InChI=1S/C13H25N.C2H6/c1-2-11-5-8-13(9-6-11)7-3-4-12(14)10-13;1-2/h11-12H,2-10,14H2,1H3;1-2H3. The van der Waals surface area contributed by atoms with Crippen molar-refractivity contribution in [1.29, 1.82) is 0 Å². The minimum absolute atomic E-state index is 0.516. The van der Waals surface area contributed by atoms with Crippen LogP contribution in [0.4, 0.5) is 0 Å². The molecule has 0 aromatic rings. The van der Waals surface area contributed by atoms with E-state index in [1.165, 1.54) is 57.8 Å². The Labute approximate surface area is 102 Å². The molecule has 2 saturated carbocycles. The summed E-state index contributed by atoms with van der Waals surface area (Å²) in [4.78, 5) is 0. The highest BCUT2D eigenvalue weighted by Crippen LogP contribution is 2.48. The third kappa shape index (κ3) is 3.48. The van der Waals surface area contributed by atoms with Gasteiger partial charge >= 0.3 is 0 Å². The highest BCUT2D eigenvalue weighted by atomic mass is 14.7. The molecule has 0 bridgehead atoms. The van der Waals surface area contributed by atoms with Crippen LogP contribution in [0, 0.1) is 11.3 Å². The van der Waals surface area contributed by atoms with Crippen molar-refractivity contribution < 1.29 is 0 Å². The maximum Gasteiger partial charge on any atom is 0.00441 e. The molecule has 16 heavy (non-hydrogen) atoms. The van der Waals surface area contributed by atoms with Crippen LogP contribution in [-0.4, -0.2) is 6.04 Å². The monoisotopic (exact) mass is 225 g/mol. The largest absolute Gasteiger partial charge is 0.328 e. The van der Waals surface area contributed by atoms with Crippen LogP contribution in [0.2, 0.25) is 0 Å². The molecule has 0 aliphatic heterocycles. The summed E-state index contributed by atoms with van der Waals surface area (Å²) in [6.07, 6.45) is 12.7. The van der Waals surface area contributed by atoms with Gasteiger partial charge in [0.2, 0.25) is 0 Å². The topological polar surface area (TPSA) is 26.0 Å². The summed E-state index contributed by atoms with van der Waals surface area (Å²) in [5, 5.41) is 0. The number of hydrogen-bond acceptors (Lipinski definition) is 1. The van der Waals surface area contributed by atoms with Crippen LogP contribution in [0.25, 0.3) is 0 Å². The summed E-state index contributed by atoms with van der Waals surface area (Å²) >= 11 is 0. The zero-order valence-electron chi connectivity index (χ0n) is 11.6. The summed E-state index contributed by atoms with van der Waals surface area (Å²) in [5.74, 6) is 1.03. The number of rotatable bonds is 1. The smallest absolute Gasteiger partial charge is 0.00441 e. The summed E-state index contributed by atoms with van der Waals surface area (Å²) in [6, 6.07) is 0.516. The molecule has 0 aromatic heterocycles. The average molecular weight is 225 g/mol. The van der Waals surface area contributed by atoms with Gasteiger partial charge in [-0.3, -0.25) is 0 Å². The fraction of sp³-hybridized carbons (Fsp3) is 1.00. The summed E-state index contributed by atoms with van der Waals surface area (Å²) in [6.45, 7) is 6.34. The van der Waals surface area contributed by atoms with Gasteiger partial charge in [-0.1, -0.05) is 33.6 Å². The van der Waals surface area contributed by atoms with E-state index in [1.54, 1.807) is 0 Å². The van der Waals surface area contributed by atoms with Crippen LogP contribution in [0.1, 0.15) is 78.6 Å². The fourth-order valence-electron chi connectivity index (χ4n) is 3.65. The molecule has 0 amide bonds. The first kappa shape index (κ1) is 14.0. The van der Waals surface area contributed by atoms with Crippen LogP contribution >= 0.6 is 0 Å². The van der Waals surface area contributed by atoms with Crippen molar-refractivity contribution in [2.75, 3.05) is 0 Å². The van der Waals surface area contributed by atoms with E-state index in [2.05, 4.69) is 6.92 Å². The lowest BCUT2D eigenvalue weighted by Gasteiger charge is -2.44. The lowest BCUT2D eigenvalue weighted by atomic mass is 9.62. The van der Waals surface area contributed by atoms with E-state index in [9.17, 15) is 0 Å². The fourth-order valence-corrected chi connectivity index (χ4v) is 3.65. The zero-order chi connectivity index (χ0) is 12.0. The van der Waals surface area contributed by atoms with Crippen molar-refractivity contribution in [3.63, 3.8) is 0 Å². The predicted octanol–water partition coefficient (Wildman–Crippen LogP) is 4.50. The average Bonchev–Trinajstić information content (AvgIpc) is 2.33. The molecule has 2 rings (SSSR count). The van der Waals surface area contributed by atoms with E-state index < -0.39 is 0 Å². The summed E-state index contributed by atoms with van der Waals surface area (Å²) < 4.78 is 0. The molecule has 0 radical (unpaired) electrons. The molecular weight excluding hydrogens is 194 g/mol. The van der Waals surface area contributed by atoms with Gasteiger partial charge < -0.3 is 5.73 Å². The minimum Gasteiger partial charge on any atom is -0.328 e. The lowest BCUT2D eigenvalue weighted by Crippen LogP contribution is -2.38. The van der Waals surface area contributed by atoms with Crippen molar-refractivity contribution in [2.45, 2.75) is 84.6 Å². The molecule has 2 N–H and O–H groups in total. The quantitative estimate of drug-likeness (QED) is 0.698. The zero-order valence-corrected chi connectivity index (χ0v) is 11.6. The molecule has 2 fully saturated rings. The van der Waals surface area contributed by atoms with Gasteiger partial charge in [0.25, 0.3) is 0 Å². The molecule has 1 spiro atoms. The van der Waals surface area contributed by atoms with E-state index in [4.69, 9.17) is 5.73 Å². The van der Waals surface area contributed by atoms with Gasteiger partial charge in [-0.2, -0.15) is 0 Å². The molecule has 2 aliphatic carbocycles. The van der Waals surface area contributed by atoms with Gasteiger partial charge in [-0.25, -0.2) is 0 Å². The maximum atomic E-state index is 6.11. The first-order chi connectivity index (χ1) is 7.74. The Morgan fingerprint density at radius 2 is 1.69 bits per heavy atom. The van der Waals surface area contributed by atoms with Gasteiger partial charge in [-0.15, -0.1) is 0 Å². The van der Waals surface area contributed by atoms with E-state index in [0.29, 0.717) is 11.5 Å². The Balaban J connectivity index is 0.000000606.